The third-order valence-corrected chi connectivity index (χ3v) is 10.8. The Morgan fingerprint density at radius 1 is 1.23 bits per heavy atom. The van der Waals surface area contributed by atoms with Gasteiger partial charge in [0.15, 0.2) is 0 Å². The lowest BCUT2D eigenvalue weighted by atomic mass is 9.68. The maximum absolute atomic E-state index is 13.4. The van der Waals surface area contributed by atoms with Gasteiger partial charge in [0.05, 0.1) is 10.9 Å². The number of hydrogen-bond donors (Lipinski definition) is 2. The summed E-state index contributed by atoms with van der Waals surface area (Å²) in [6, 6.07) is 4.18. The Hall–Kier alpha value is -1.22. The fraction of sp³-hybridized carbons (Fsp3) is 0.704. The number of nitrogens with one attached hydrogen (secondary N) is 2. The molecule has 1 aromatic carbocycles. The number of thioether (sulfide) groups is 1. The van der Waals surface area contributed by atoms with Gasteiger partial charge in [-0.05, 0) is 86.7 Å². The number of alkyl halides is 3. The molecule has 1 unspecified atom stereocenters. The van der Waals surface area contributed by atoms with Gasteiger partial charge in [-0.3, -0.25) is 0 Å². The molecule has 3 aliphatic heterocycles. The van der Waals surface area contributed by atoms with Crippen LogP contribution in [0.25, 0.3) is 10.9 Å². The van der Waals surface area contributed by atoms with Gasteiger partial charge in [-0.25, -0.2) is 0 Å². The molecule has 6 rings (SSSR count). The Kier molecular flexibility index (Phi) is 6.39. The molecule has 0 saturated carbocycles. The van der Waals surface area contributed by atoms with E-state index in [4.69, 9.17) is 4.74 Å². The highest BCUT2D eigenvalue weighted by Crippen LogP contribution is 2.48. The molecule has 35 heavy (non-hydrogen) atoms. The minimum atomic E-state index is -4.31. The van der Waals surface area contributed by atoms with Gasteiger partial charge in [-0.2, -0.15) is 13.2 Å². The Bertz CT molecular complexity index is 1060. The summed E-state index contributed by atoms with van der Waals surface area (Å²) in [7, 11) is 0. The van der Waals surface area contributed by atoms with E-state index >= 15 is 0 Å². The van der Waals surface area contributed by atoms with Crippen molar-refractivity contribution in [1.29, 1.82) is 0 Å². The number of hydrogen-bond acceptors (Lipinski definition) is 4. The Morgan fingerprint density at radius 2 is 2.06 bits per heavy atom. The normalized spacial score (nSPS) is 31.4. The summed E-state index contributed by atoms with van der Waals surface area (Å²) in [5, 5.41) is 5.06. The van der Waals surface area contributed by atoms with Gasteiger partial charge in [-0.15, -0.1) is 11.8 Å². The molecule has 0 spiro atoms. The molecule has 4 aliphatic rings. The lowest BCUT2D eigenvalue weighted by Crippen LogP contribution is -2.49. The van der Waals surface area contributed by atoms with Gasteiger partial charge in [-0.1, -0.05) is 6.92 Å². The van der Waals surface area contributed by atoms with Gasteiger partial charge >= 0.3 is 6.18 Å². The van der Waals surface area contributed by atoms with E-state index in [9.17, 15) is 13.2 Å². The minimum Gasteiger partial charge on any atom is -0.381 e. The second-order valence-corrected chi connectivity index (χ2v) is 12.4. The zero-order chi connectivity index (χ0) is 24.2. The summed E-state index contributed by atoms with van der Waals surface area (Å²) in [4.78, 5) is 6.12. The van der Waals surface area contributed by atoms with Crippen molar-refractivity contribution in [2.24, 2.45) is 17.3 Å². The molecule has 1 aromatic heterocycles. The topological polar surface area (TPSA) is 40.3 Å². The monoisotopic (exact) mass is 507 g/mol. The van der Waals surface area contributed by atoms with Crippen LogP contribution in [0.3, 0.4) is 0 Å². The first-order valence-electron chi connectivity index (χ1n) is 13.2. The number of benzene rings is 1. The van der Waals surface area contributed by atoms with E-state index in [0.29, 0.717) is 22.6 Å². The molecule has 4 atom stereocenters. The Balaban J connectivity index is 1.19. The van der Waals surface area contributed by atoms with Crippen molar-refractivity contribution in [3.8, 4) is 0 Å². The molecular weight excluding hydrogens is 471 g/mol. The number of likely N-dealkylation sites (tertiary alicyclic amines) is 1. The van der Waals surface area contributed by atoms with Gasteiger partial charge in [0.1, 0.15) is 0 Å². The van der Waals surface area contributed by atoms with Crippen molar-refractivity contribution in [3.63, 3.8) is 0 Å². The zero-order valence-corrected chi connectivity index (χ0v) is 21.2. The smallest absolute Gasteiger partial charge is 0.381 e. The van der Waals surface area contributed by atoms with Gasteiger partial charge in [0, 0.05) is 54.1 Å². The van der Waals surface area contributed by atoms with Crippen LogP contribution in [-0.4, -0.2) is 60.4 Å². The quantitative estimate of drug-likeness (QED) is 0.563. The number of aromatic nitrogens is 1. The summed E-state index contributed by atoms with van der Waals surface area (Å²) in [5.74, 6) is 2.55. The minimum absolute atomic E-state index is 0.257. The second kappa shape index (κ2) is 9.26. The molecule has 1 aliphatic carbocycles. The van der Waals surface area contributed by atoms with Crippen LogP contribution in [0.5, 0.6) is 0 Å². The molecule has 3 saturated heterocycles. The van der Waals surface area contributed by atoms with Crippen LogP contribution in [0.4, 0.5) is 13.2 Å². The van der Waals surface area contributed by atoms with Gasteiger partial charge in [0.2, 0.25) is 0 Å². The lowest BCUT2D eigenvalue weighted by Gasteiger charge is -2.47. The molecule has 0 radical (unpaired) electrons. The van der Waals surface area contributed by atoms with E-state index in [2.05, 4.69) is 33.9 Å². The van der Waals surface area contributed by atoms with Crippen molar-refractivity contribution in [3.05, 3.63) is 35.0 Å². The van der Waals surface area contributed by atoms with Crippen LogP contribution in [0.15, 0.2) is 18.2 Å². The predicted octanol–water partition coefficient (Wildman–Crippen LogP) is 5.63. The molecule has 2 N–H and O–H groups in total. The molecule has 4 heterocycles. The van der Waals surface area contributed by atoms with E-state index in [-0.39, 0.29) is 5.92 Å². The lowest BCUT2D eigenvalue weighted by molar-refractivity contribution is -0.137. The van der Waals surface area contributed by atoms with Gasteiger partial charge in [0.25, 0.3) is 0 Å². The number of H-pyrrole nitrogens is 1. The summed E-state index contributed by atoms with van der Waals surface area (Å²) in [6.45, 7) is 8.35. The van der Waals surface area contributed by atoms with Crippen LogP contribution in [-0.2, 0) is 17.3 Å². The van der Waals surface area contributed by atoms with E-state index in [1.807, 2.05) is 0 Å². The fourth-order valence-corrected chi connectivity index (χ4v) is 8.76. The molecule has 0 bridgehead atoms. The van der Waals surface area contributed by atoms with Gasteiger partial charge < -0.3 is 19.9 Å². The summed E-state index contributed by atoms with van der Waals surface area (Å²) < 4.78 is 46.0. The molecule has 0 amide bonds. The third-order valence-electron chi connectivity index (χ3n) is 9.39. The van der Waals surface area contributed by atoms with E-state index in [1.165, 1.54) is 30.7 Å². The number of piperidine rings is 1. The highest BCUT2D eigenvalue weighted by Gasteiger charge is 2.44. The largest absolute Gasteiger partial charge is 0.416 e. The van der Waals surface area contributed by atoms with Crippen LogP contribution in [0.2, 0.25) is 0 Å². The summed E-state index contributed by atoms with van der Waals surface area (Å²) >= 11 is 2.08. The number of nitrogens with zero attached hydrogens (tertiary/aromatic N) is 1. The highest BCUT2D eigenvalue weighted by molar-refractivity contribution is 8.00. The van der Waals surface area contributed by atoms with Crippen LogP contribution >= 0.6 is 11.8 Å². The molecule has 2 aromatic rings. The Labute approximate surface area is 209 Å². The number of aromatic amines is 1. The third kappa shape index (κ3) is 4.42. The maximum Gasteiger partial charge on any atom is 0.416 e. The molecular formula is C27H36F3N3OS. The highest BCUT2D eigenvalue weighted by atomic mass is 32.2. The van der Waals surface area contributed by atoms with Crippen LogP contribution in [0.1, 0.15) is 55.3 Å². The van der Waals surface area contributed by atoms with Crippen LogP contribution in [0, 0.1) is 17.3 Å². The van der Waals surface area contributed by atoms with E-state index in [1.54, 1.807) is 6.07 Å². The zero-order valence-electron chi connectivity index (χ0n) is 20.4. The first kappa shape index (κ1) is 24.1. The van der Waals surface area contributed by atoms with Crippen molar-refractivity contribution in [2.75, 3.05) is 45.1 Å². The van der Waals surface area contributed by atoms with E-state index in [0.717, 1.165) is 80.8 Å². The molecule has 192 valence electrons. The number of halogens is 3. The van der Waals surface area contributed by atoms with Crippen molar-refractivity contribution in [1.82, 2.24) is 15.2 Å². The molecule has 4 nitrogen and oxygen atoms in total. The van der Waals surface area contributed by atoms with Crippen LogP contribution < -0.4 is 5.32 Å². The summed E-state index contributed by atoms with van der Waals surface area (Å²) in [6.07, 6.45) is 1.28. The molecule has 3 fully saturated rings. The van der Waals surface area contributed by atoms with Crippen molar-refractivity contribution in [2.45, 2.75) is 56.5 Å². The first-order valence-corrected chi connectivity index (χ1v) is 14.3. The Morgan fingerprint density at radius 3 is 2.80 bits per heavy atom. The molecule has 8 heteroatoms. The number of fused-ring (bicyclic) bond motifs is 4. The first-order chi connectivity index (χ1) is 16.8. The predicted molar refractivity (Wildman–Crippen MR) is 135 cm³/mol. The maximum atomic E-state index is 13.4. The standard InChI is InChI=1S/C27H36F3N3OS/c1-17-21-16-33(10-5-26(6-11-34-12-7-26)25-31-8-13-35-25)9-4-18(21)14-23-24(17)20-15-19(27(28,29)30)2-3-22(20)32-23/h2-3,15,17-18,21,25,31-32H,4-14,16H2,1H3/t17-,18-,21-,25?/m1/s1. The number of ether oxygens (including phenoxy) is 1. The van der Waals surface area contributed by atoms with Crippen molar-refractivity contribution >= 4 is 22.7 Å². The van der Waals surface area contributed by atoms with Crippen molar-refractivity contribution < 1.29 is 17.9 Å². The fourth-order valence-electron chi connectivity index (χ4n) is 7.35. The summed E-state index contributed by atoms with van der Waals surface area (Å²) in [5.41, 5.74) is 2.89. The average molecular weight is 508 g/mol. The average Bonchev–Trinajstić information content (AvgIpc) is 3.51. The second-order valence-electron chi connectivity index (χ2n) is 11.2. The number of rotatable bonds is 4. The van der Waals surface area contributed by atoms with E-state index < -0.39 is 11.7 Å². The SMILES string of the molecule is C[C@H]1c2c([nH]c3ccc(C(F)(F)F)cc23)C[C@H]2CCN(CCC3(C4NCCS4)CCOCC3)C[C@@H]21.